The fraction of sp³-hybridized carbons (Fsp3) is 0.222. The summed E-state index contributed by atoms with van der Waals surface area (Å²) < 4.78 is 26.5. The quantitative estimate of drug-likeness (QED) is 0.299. The lowest BCUT2D eigenvalue weighted by Crippen LogP contribution is -2.30. The third-order valence-corrected chi connectivity index (χ3v) is 6.74. The Morgan fingerprint density at radius 2 is 1.87 bits per heavy atom. The minimum Gasteiger partial charge on any atom is -0.493 e. The van der Waals surface area contributed by atoms with Crippen LogP contribution in [0.2, 0.25) is 5.02 Å². The van der Waals surface area contributed by atoms with Crippen LogP contribution in [-0.4, -0.2) is 40.8 Å². The van der Waals surface area contributed by atoms with E-state index >= 15 is 0 Å². The highest BCUT2D eigenvalue weighted by Crippen LogP contribution is 2.39. The number of hydrogen-bond donors (Lipinski definition) is 2. The Morgan fingerprint density at radius 1 is 1.17 bits per heavy atom. The number of aromatic hydroxyl groups is 1. The van der Waals surface area contributed by atoms with Crippen LogP contribution in [0.5, 0.6) is 5.88 Å². The average Bonchev–Trinajstić information content (AvgIpc) is 3.01. The largest absolute Gasteiger partial charge is 0.493 e. The molecule has 158 valence electrons. The second kappa shape index (κ2) is 8.38. The number of rotatable bonds is 7. The van der Waals surface area contributed by atoms with E-state index in [0.717, 1.165) is 6.07 Å². The highest BCUT2D eigenvalue weighted by Gasteiger charge is 2.26. The number of benzene rings is 2. The molecule has 0 spiro atoms. The van der Waals surface area contributed by atoms with Crippen molar-refractivity contribution in [3.8, 4) is 5.88 Å². The number of nitrogens with one attached hydrogen (secondary N) is 1. The van der Waals surface area contributed by atoms with Gasteiger partial charge in [-0.2, -0.15) is 4.31 Å². The summed E-state index contributed by atoms with van der Waals surface area (Å²) >= 11 is 5.98. The van der Waals surface area contributed by atoms with E-state index in [1.807, 2.05) is 0 Å². The maximum absolute atomic E-state index is 12.6. The van der Waals surface area contributed by atoms with Gasteiger partial charge >= 0.3 is 0 Å². The molecule has 0 radical (unpaired) electrons. The molecule has 12 heteroatoms. The van der Waals surface area contributed by atoms with Gasteiger partial charge in [0.15, 0.2) is 11.4 Å². The molecule has 0 amide bonds. The summed E-state index contributed by atoms with van der Waals surface area (Å²) in [5, 5.41) is 30.3. The number of nitro benzene ring substituents is 1. The number of H-pyrrole nitrogens is 1. The van der Waals surface area contributed by atoms with Crippen molar-refractivity contribution in [2.24, 2.45) is 10.2 Å². The van der Waals surface area contributed by atoms with Gasteiger partial charge in [-0.05, 0) is 30.3 Å². The molecule has 0 aliphatic carbocycles. The van der Waals surface area contributed by atoms with E-state index in [1.54, 1.807) is 32.0 Å². The van der Waals surface area contributed by atoms with Crippen LogP contribution in [-0.2, 0) is 10.0 Å². The van der Waals surface area contributed by atoms with Crippen molar-refractivity contribution >= 4 is 49.6 Å². The van der Waals surface area contributed by atoms with E-state index in [2.05, 4.69) is 15.2 Å². The molecule has 10 nitrogen and oxygen atoms in total. The van der Waals surface area contributed by atoms with Crippen molar-refractivity contribution in [3.05, 3.63) is 51.5 Å². The molecule has 3 aromatic rings. The lowest BCUT2D eigenvalue weighted by atomic mass is 10.2. The van der Waals surface area contributed by atoms with Crippen LogP contribution in [0.1, 0.15) is 13.8 Å². The fourth-order valence-electron chi connectivity index (χ4n) is 2.95. The Morgan fingerprint density at radius 3 is 2.50 bits per heavy atom. The predicted octanol–water partition coefficient (Wildman–Crippen LogP) is 4.88. The van der Waals surface area contributed by atoms with Gasteiger partial charge in [0.1, 0.15) is 0 Å². The summed E-state index contributed by atoms with van der Waals surface area (Å²) in [6.07, 6.45) is 0. The van der Waals surface area contributed by atoms with Crippen LogP contribution >= 0.6 is 11.6 Å². The Hall–Kier alpha value is -3.02. The molecule has 0 saturated heterocycles. The van der Waals surface area contributed by atoms with Gasteiger partial charge in [-0.1, -0.05) is 25.4 Å². The van der Waals surface area contributed by atoms with E-state index in [9.17, 15) is 23.6 Å². The van der Waals surface area contributed by atoms with E-state index in [-0.39, 0.29) is 35.2 Å². The molecule has 3 rings (SSSR count). The zero-order valence-electron chi connectivity index (χ0n) is 16.0. The lowest BCUT2D eigenvalue weighted by molar-refractivity contribution is -0.384. The Kier molecular flexibility index (Phi) is 6.06. The number of aromatic nitrogens is 1. The molecular weight excluding hydrogens is 434 g/mol. The highest BCUT2D eigenvalue weighted by atomic mass is 35.5. The Balaban J connectivity index is 2.07. The average molecular weight is 452 g/mol. The molecule has 2 N–H and O–H groups in total. The summed E-state index contributed by atoms with van der Waals surface area (Å²) in [6.45, 7) is 3.82. The van der Waals surface area contributed by atoms with Crippen LogP contribution in [0.3, 0.4) is 0 Å². The highest BCUT2D eigenvalue weighted by molar-refractivity contribution is 7.89. The SMILES string of the molecule is CCN(CC)S(=O)(=O)c1ccc(N=Nc2c(O)[nH]c3ccc(Cl)cc23)c([N+](=O)[O-])c1. The normalized spacial score (nSPS) is 12.3. The second-order valence-electron chi connectivity index (χ2n) is 6.21. The molecule has 0 aliphatic rings. The molecule has 0 saturated carbocycles. The van der Waals surface area contributed by atoms with Crippen molar-refractivity contribution in [2.75, 3.05) is 13.1 Å². The molecule has 2 aromatic carbocycles. The van der Waals surface area contributed by atoms with Crippen LogP contribution in [0.25, 0.3) is 10.9 Å². The monoisotopic (exact) mass is 451 g/mol. The summed E-state index contributed by atoms with van der Waals surface area (Å²) in [7, 11) is -3.88. The molecule has 0 atom stereocenters. The van der Waals surface area contributed by atoms with Crippen molar-refractivity contribution < 1.29 is 18.4 Å². The maximum atomic E-state index is 12.6. The van der Waals surface area contributed by atoms with Gasteiger partial charge in [-0.3, -0.25) is 10.1 Å². The third-order valence-electron chi connectivity index (χ3n) is 4.46. The second-order valence-corrected chi connectivity index (χ2v) is 8.58. The molecule has 1 heterocycles. The fourth-order valence-corrected chi connectivity index (χ4v) is 4.60. The first kappa shape index (κ1) is 21.7. The van der Waals surface area contributed by atoms with E-state index in [1.165, 1.54) is 16.4 Å². The molecule has 1 aromatic heterocycles. The third kappa shape index (κ3) is 3.99. The zero-order chi connectivity index (χ0) is 22.1. The molecular formula is C18H18ClN5O5S. The number of nitro groups is 1. The minimum atomic E-state index is -3.88. The number of halogens is 1. The van der Waals surface area contributed by atoms with Gasteiger partial charge in [0.2, 0.25) is 15.9 Å². The van der Waals surface area contributed by atoms with E-state index in [0.29, 0.717) is 15.9 Å². The first-order valence-electron chi connectivity index (χ1n) is 8.89. The van der Waals surface area contributed by atoms with Crippen molar-refractivity contribution in [1.82, 2.24) is 9.29 Å². The summed E-state index contributed by atoms with van der Waals surface area (Å²) in [6, 6.07) is 8.23. The van der Waals surface area contributed by atoms with E-state index < -0.39 is 20.6 Å². The minimum absolute atomic E-state index is 0.0571. The molecule has 0 bridgehead atoms. The van der Waals surface area contributed by atoms with E-state index in [4.69, 9.17) is 11.6 Å². The topological polar surface area (TPSA) is 141 Å². The van der Waals surface area contributed by atoms with Gasteiger partial charge in [0.25, 0.3) is 5.69 Å². The first-order chi connectivity index (χ1) is 14.2. The molecule has 0 unspecified atom stereocenters. The smallest absolute Gasteiger partial charge is 0.298 e. The lowest BCUT2D eigenvalue weighted by Gasteiger charge is -2.18. The maximum Gasteiger partial charge on any atom is 0.298 e. The number of nitrogens with zero attached hydrogens (tertiary/aromatic N) is 4. The van der Waals surface area contributed by atoms with Crippen LogP contribution in [0, 0.1) is 10.1 Å². The van der Waals surface area contributed by atoms with Crippen LogP contribution in [0.15, 0.2) is 51.5 Å². The summed E-state index contributed by atoms with van der Waals surface area (Å²) in [5.41, 5.74) is -0.0683. The Labute approximate surface area is 177 Å². The number of fused-ring (bicyclic) bond motifs is 1. The van der Waals surface area contributed by atoms with Gasteiger partial charge < -0.3 is 10.1 Å². The molecule has 0 fully saturated rings. The van der Waals surface area contributed by atoms with Gasteiger partial charge in [0.05, 0.1) is 15.3 Å². The number of sulfonamides is 1. The van der Waals surface area contributed by atoms with Crippen LogP contribution < -0.4 is 0 Å². The van der Waals surface area contributed by atoms with Crippen molar-refractivity contribution in [1.29, 1.82) is 0 Å². The number of aromatic amines is 1. The summed E-state index contributed by atoms with van der Waals surface area (Å²) in [4.78, 5) is 13.3. The zero-order valence-corrected chi connectivity index (χ0v) is 17.6. The van der Waals surface area contributed by atoms with Gasteiger partial charge in [0, 0.05) is 29.6 Å². The van der Waals surface area contributed by atoms with Crippen molar-refractivity contribution in [3.63, 3.8) is 0 Å². The van der Waals surface area contributed by atoms with Crippen LogP contribution in [0.4, 0.5) is 17.1 Å². The Bertz CT molecular complexity index is 1250. The van der Waals surface area contributed by atoms with Gasteiger partial charge in [-0.25, -0.2) is 8.42 Å². The number of azo groups is 1. The molecule has 0 aliphatic heterocycles. The van der Waals surface area contributed by atoms with Crippen molar-refractivity contribution in [2.45, 2.75) is 18.7 Å². The summed E-state index contributed by atoms with van der Waals surface area (Å²) in [5.74, 6) is -0.278. The molecule has 30 heavy (non-hydrogen) atoms. The first-order valence-corrected chi connectivity index (χ1v) is 10.7. The van der Waals surface area contributed by atoms with Gasteiger partial charge in [-0.15, -0.1) is 10.2 Å². The standard InChI is InChI=1S/C18H18ClN5O5S/c1-3-23(4-2)30(28,29)12-6-8-15(16(10-12)24(26)27)21-22-17-13-9-11(19)5-7-14(13)20-18(17)25/h5-10,20,25H,3-4H2,1-2H3. The number of hydrogen-bond acceptors (Lipinski definition) is 7. The predicted molar refractivity (Wildman–Crippen MR) is 112 cm³/mol.